The first kappa shape index (κ1) is 33.7. The van der Waals surface area contributed by atoms with Crippen molar-refractivity contribution in [2.75, 3.05) is 18.0 Å². The van der Waals surface area contributed by atoms with E-state index in [0.29, 0.717) is 12.4 Å². The van der Waals surface area contributed by atoms with E-state index < -0.39 is 11.6 Å². The van der Waals surface area contributed by atoms with E-state index in [0.717, 1.165) is 70.8 Å². The number of nitrogens with two attached hydrogens (primary N) is 1. The molecule has 1 saturated heterocycles. The van der Waals surface area contributed by atoms with E-state index >= 15 is 0 Å². The zero-order valence-corrected chi connectivity index (χ0v) is 26.5. The van der Waals surface area contributed by atoms with Gasteiger partial charge in [0.15, 0.2) is 0 Å². The number of carbonyl (C=O) groups is 1. The number of hydrazine groups is 1. The fourth-order valence-electron chi connectivity index (χ4n) is 5.04. The molecule has 1 aromatic heterocycles. The smallest absolute Gasteiger partial charge is 0.307 e. The van der Waals surface area contributed by atoms with Gasteiger partial charge in [-0.05, 0) is 76.1 Å². The first-order valence-corrected chi connectivity index (χ1v) is 14.6. The van der Waals surface area contributed by atoms with E-state index in [1.165, 1.54) is 12.1 Å². The molecule has 0 amide bonds. The number of nitrogens with zero attached hydrogens (tertiary/aromatic N) is 3. The molecule has 0 spiro atoms. The highest BCUT2D eigenvalue weighted by atomic mass is 19.1. The van der Waals surface area contributed by atoms with Gasteiger partial charge in [-0.2, -0.15) is 0 Å². The third kappa shape index (κ3) is 9.86. The first-order chi connectivity index (χ1) is 20.1. The maximum atomic E-state index is 13.2. The highest BCUT2D eigenvalue weighted by Crippen LogP contribution is 2.41. The van der Waals surface area contributed by atoms with Crippen molar-refractivity contribution in [1.29, 1.82) is 0 Å². The monoisotopic (exact) mass is 591 g/mol. The Morgan fingerprint density at radius 2 is 1.60 bits per heavy atom. The Morgan fingerprint density at radius 3 is 2.12 bits per heavy atom. The van der Waals surface area contributed by atoms with Gasteiger partial charge in [0.05, 0.1) is 24.3 Å². The lowest BCUT2D eigenvalue weighted by molar-refractivity contribution is -0.136. The van der Waals surface area contributed by atoms with E-state index in [9.17, 15) is 14.3 Å². The molecule has 3 aromatic rings. The molecule has 43 heavy (non-hydrogen) atoms. The molecule has 1 fully saturated rings. The molecule has 1 aliphatic rings. The van der Waals surface area contributed by atoms with Crippen LogP contribution in [0.1, 0.15) is 75.5 Å². The molecule has 1 aliphatic heterocycles. The number of hydrogen-bond acceptors (Lipinski definition) is 6. The Morgan fingerprint density at radius 1 is 1.05 bits per heavy atom. The quantitative estimate of drug-likeness (QED) is 0.116. The predicted octanol–water partition coefficient (Wildman–Crippen LogP) is 5.95. The van der Waals surface area contributed by atoms with Crippen LogP contribution >= 0.6 is 0 Å². The number of benzene rings is 2. The van der Waals surface area contributed by atoms with Crippen molar-refractivity contribution < 1.29 is 19.4 Å². The number of aryl methyl sites for hydroxylation is 2. The molecule has 0 aliphatic carbocycles. The second-order valence-corrected chi connectivity index (χ2v) is 12.9. The van der Waals surface area contributed by atoms with Gasteiger partial charge in [0.1, 0.15) is 11.7 Å². The number of nitrogens with one attached hydrogen (secondary N) is 1. The van der Waals surface area contributed by atoms with E-state index in [1.54, 1.807) is 32.9 Å². The Balaban J connectivity index is 0.000000934. The second kappa shape index (κ2) is 14.1. The van der Waals surface area contributed by atoms with Gasteiger partial charge < -0.3 is 20.5 Å². The van der Waals surface area contributed by atoms with Crippen LogP contribution in [0.3, 0.4) is 0 Å². The third-order valence-electron chi connectivity index (χ3n) is 7.33. The maximum absolute atomic E-state index is 13.2. The van der Waals surface area contributed by atoms with Crippen molar-refractivity contribution in [3.63, 3.8) is 0 Å². The average Bonchev–Trinajstić information content (AvgIpc) is 2.91. The number of piperidine rings is 1. The highest BCUT2D eigenvalue weighted by molar-refractivity contribution is 5.99. The lowest BCUT2D eigenvalue weighted by atomic mass is 9.82. The lowest BCUT2D eigenvalue weighted by Crippen LogP contribution is -2.38. The van der Waals surface area contributed by atoms with Crippen molar-refractivity contribution in [1.82, 2.24) is 10.4 Å². The molecule has 4 rings (SSSR count). The zero-order valence-electron chi connectivity index (χ0n) is 26.5. The van der Waals surface area contributed by atoms with E-state index in [2.05, 4.69) is 29.2 Å². The molecule has 2 aromatic carbocycles. The summed E-state index contributed by atoms with van der Waals surface area (Å²) in [4.78, 5) is 23.5. The largest absolute Gasteiger partial charge is 0.481 e. The van der Waals surface area contributed by atoms with Crippen LogP contribution in [0.15, 0.2) is 53.5 Å². The summed E-state index contributed by atoms with van der Waals surface area (Å²) in [6.45, 7) is 15.8. The summed E-state index contributed by atoms with van der Waals surface area (Å²) in [7, 11) is 0. The SMILES string of the molecule is CC(C)(C)O.Cc1nc(C)c(-c2ccc(C(=NCc3ccc(F)cc3)NN)cc2)c(N2CCC(C)(C)CC2)c1CC(=O)O. The Kier molecular flexibility index (Phi) is 11.0. The molecule has 232 valence electrons. The molecule has 0 bridgehead atoms. The number of aliphatic hydroxyl groups is 1. The molecular weight excluding hydrogens is 545 g/mol. The topological polar surface area (TPSA) is 124 Å². The molecule has 5 N–H and O–H groups in total. The molecule has 0 atom stereocenters. The van der Waals surface area contributed by atoms with Gasteiger partial charge in [0, 0.05) is 41.2 Å². The number of hydrogen-bond donors (Lipinski definition) is 4. The van der Waals surface area contributed by atoms with Crippen molar-refractivity contribution in [3.05, 3.63) is 82.4 Å². The fourth-order valence-corrected chi connectivity index (χ4v) is 5.04. The summed E-state index contributed by atoms with van der Waals surface area (Å²) in [6, 6.07) is 14.1. The number of rotatable bonds is 7. The van der Waals surface area contributed by atoms with Gasteiger partial charge in [0.25, 0.3) is 0 Å². The molecule has 2 heterocycles. The number of aliphatic imine (C=N–C) groups is 1. The van der Waals surface area contributed by atoms with Crippen LogP contribution in [0.25, 0.3) is 11.1 Å². The minimum atomic E-state index is -0.866. The van der Waals surface area contributed by atoms with E-state index in [-0.39, 0.29) is 17.7 Å². The molecule has 9 heteroatoms. The third-order valence-corrected chi connectivity index (χ3v) is 7.33. The van der Waals surface area contributed by atoms with Gasteiger partial charge in [0.2, 0.25) is 0 Å². The predicted molar refractivity (Wildman–Crippen MR) is 172 cm³/mol. The Labute approximate surface area is 254 Å². The fraction of sp³-hybridized carbons (Fsp3) is 0.441. The van der Waals surface area contributed by atoms with Gasteiger partial charge in [-0.1, -0.05) is 50.2 Å². The Bertz CT molecular complexity index is 1410. The summed E-state index contributed by atoms with van der Waals surface area (Å²) < 4.78 is 13.2. The number of halogens is 1. The summed E-state index contributed by atoms with van der Waals surface area (Å²) in [5.74, 6) is 5.15. The lowest BCUT2D eigenvalue weighted by Gasteiger charge is -2.40. The second-order valence-electron chi connectivity index (χ2n) is 12.9. The van der Waals surface area contributed by atoms with Crippen molar-refractivity contribution in [2.45, 2.75) is 79.9 Å². The summed E-state index contributed by atoms with van der Waals surface area (Å²) in [6.07, 6.45) is 2.00. The molecule has 8 nitrogen and oxygen atoms in total. The van der Waals surface area contributed by atoms with Gasteiger partial charge in [-0.15, -0.1) is 0 Å². The van der Waals surface area contributed by atoms with E-state index in [1.807, 2.05) is 38.1 Å². The molecule has 0 unspecified atom stereocenters. The van der Waals surface area contributed by atoms with Gasteiger partial charge in [-0.25, -0.2) is 10.2 Å². The molecule has 0 saturated carbocycles. The minimum Gasteiger partial charge on any atom is -0.481 e. The average molecular weight is 592 g/mol. The number of carboxylic acids is 1. The van der Waals surface area contributed by atoms with E-state index in [4.69, 9.17) is 15.9 Å². The van der Waals surface area contributed by atoms with Gasteiger partial charge in [-0.3, -0.25) is 14.8 Å². The molecular formula is C34H46FN5O3. The van der Waals surface area contributed by atoms with Crippen molar-refractivity contribution >= 4 is 17.5 Å². The summed E-state index contributed by atoms with van der Waals surface area (Å²) in [5, 5.41) is 18.2. The number of carboxylic acid groups (broad SMARTS) is 1. The first-order valence-electron chi connectivity index (χ1n) is 14.6. The number of aliphatic carboxylic acids is 1. The zero-order chi connectivity index (χ0) is 31.9. The van der Waals surface area contributed by atoms with Crippen LogP contribution in [0.4, 0.5) is 10.1 Å². The van der Waals surface area contributed by atoms with Crippen LogP contribution in [0.2, 0.25) is 0 Å². The Hall–Kier alpha value is -3.82. The van der Waals surface area contributed by atoms with Crippen LogP contribution < -0.4 is 16.2 Å². The number of pyridine rings is 1. The van der Waals surface area contributed by atoms with Gasteiger partial charge >= 0.3 is 5.97 Å². The maximum Gasteiger partial charge on any atom is 0.307 e. The van der Waals surface area contributed by atoms with Crippen LogP contribution in [-0.2, 0) is 17.8 Å². The highest BCUT2D eigenvalue weighted by Gasteiger charge is 2.30. The van der Waals surface area contributed by atoms with Crippen molar-refractivity contribution in [3.8, 4) is 11.1 Å². The van der Waals surface area contributed by atoms with Crippen LogP contribution in [0.5, 0.6) is 0 Å². The summed E-state index contributed by atoms with van der Waals surface area (Å²) in [5.41, 5.74) is 9.41. The number of anilines is 1. The number of aromatic nitrogens is 1. The van der Waals surface area contributed by atoms with Crippen molar-refractivity contribution in [2.24, 2.45) is 16.3 Å². The van der Waals surface area contributed by atoms with Crippen LogP contribution in [-0.4, -0.2) is 45.7 Å². The summed E-state index contributed by atoms with van der Waals surface area (Å²) >= 11 is 0. The standard InChI is InChI=1S/C30H36FN5O2.C4H10O/c1-19-25(17-26(37)38)28(36-15-13-30(3,4)14-16-36)27(20(2)34-19)22-7-9-23(10-8-22)29(35-32)33-18-21-5-11-24(31)12-6-21;1-4(2,3)5/h5-12H,13-18,32H2,1-4H3,(H,33,35)(H,37,38);5H,1-3H3. The van der Waals surface area contributed by atoms with Crippen LogP contribution in [0, 0.1) is 25.1 Å². The number of amidine groups is 1. The normalized spacial score (nSPS) is 15.0. The minimum absolute atomic E-state index is 0.0727. The molecule has 0 radical (unpaired) electrons.